The van der Waals surface area contributed by atoms with Gasteiger partial charge in [0.1, 0.15) is 17.7 Å². The molecule has 1 aliphatic heterocycles. The second-order valence-electron chi connectivity index (χ2n) is 7.30. The molecule has 142 valence electrons. The maximum atomic E-state index is 12.0. The highest BCUT2D eigenvalue weighted by Gasteiger charge is 2.22. The highest BCUT2D eigenvalue weighted by molar-refractivity contribution is 5.83. The molecule has 0 unspecified atom stereocenters. The monoisotopic (exact) mass is 368 g/mol. The smallest absolute Gasteiger partial charge is 0.266 e. The van der Waals surface area contributed by atoms with E-state index in [4.69, 9.17) is 0 Å². The molecule has 0 saturated carbocycles. The van der Waals surface area contributed by atoms with Crippen LogP contribution in [0.5, 0.6) is 0 Å². The first-order valence-corrected chi connectivity index (χ1v) is 9.23. The van der Waals surface area contributed by atoms with Crippen molar-refractivity contribution in [3.05, 3.63) is 35.1 Å². The molecular formula is C18H24N8O. The maximum Gasteiger partial charge on any atom is 0.266 e. The molecular weight excluding hydrogens is 344 g/mol. The fraction of sp³-hybridized carbons (Fsp3) is 0.500. The Bertz CT molecular complexity index is 1000. The molecule has 9 heteroatoms. The third kappa shape index (κ3) is 3.36. The quantitative estimate of drug-likeness (QED) is 0.676. The molecule has 3 aromatic rings. The Labute approximate surface area is 157 Å². The van der Waals surface area contributed by atoms with Gasteiger partial charge in [-0.1, -0.05) is 13.8 Å². The molecule has 0 radical (unpaired) electrons. The third-order valence-electron chi connectivity index (χ3n) is 4.78. The highest BCUT2D eigenvalue weighted by atomic mass is 16.1. The van der Waals surface area contributed by atoms with Crippen LogP contribution in [0.1, 0.15) is 13.8 Å². The van der Waals surface area contributed by atoms with E-state index >= 15 is 0 Å². The Hall–Kier alpha value is -2.97. The van der Waals surface area contributed by atoms with E-state index in [0.717, 1.165) is 43.3 Å². The summed E-state index contributed by atoms with van der Waals surface area (Å²) in [6.45, 7) is 8.07. The Morgan fingerprint density at radius 3 is 2.52 bits per heavy atom. The van der Waals surface area contributed by atoms with Crippen molar-refractivity contribution < 1.29 is 0 Å². The van der Waals surface area contributed by atoms with Gasteiger partial charge in [0, 0.05) is 45.8 Å². The first-order chi connectivity index (χ1) is 13.0. The van der Waals surface area contributed by atoms with Gasteiger partial charge in [0.15, 0.2) is 11.5 Å². The van der Waals surface area contributed by atoms with Crippen molar-refractivity contribution in [3.8, 4) is 0 Å². The second-order valence-corrected chi connectivity index (χ2v) is 7.30. The van der Waals surface area contributed by atoms with Gasteiger partial charge in [0.05, 0.1) is 6.33 Å². The molecule has 1 fully saturated rings. The summed E-state index contributed by atoms with van der Waals surface area (Å²) in [6.07, 6.45) is 3.33. The number of nitrogens with zero attached hydrogens (tertiary/aromatic N) is 8. The number of hydrogen-bond donors (Lipinski definition) is 0. The van der Waals surface area contributed by atoms with Gasteiger partial charge in [-0.15, -0.1) is 0 Å². The molecule has 27 heavy (non-hydrogen) atoms. The van der Waals surface area contributed by atoms with Gasteiger partial charge in [-0.05, 0) is 12.0 Å². The number of imidazole rings is 1. The van der Waals surface area contributed by atoms with Crippen molar-refractivity contribution in [3.63, 3.8) is 0 Å². The number of aryl methyl sites for hydroxylation is 1. The summed E-state index contributed by atoms with van der Waals surface area (Å²) >= 11 is 0. The standard InChI is InChI=1S/C18H24N8O/c1-13(2)10-26-15(27)5-4-14(22-26)24-6-8-25(9-7-24)18-16-17(19-11-20-18)21-12-23(16)3/h4-5,11-13H,6-10H2,1-3H3. The number of hydrogen-bond acceptors (Lipinski definition) is 7. The largest absolute Gasteiger partial charge is 0.352 e. The van der Waals surface area contributed by atoms with Gasteiger partial charge in [-0.2, -0.15) is 5.10 Å². The van der Waals surface area contributed by atoms with E-state index in [0.29, 0.717) is 18.1 Å². The molecule has 4 rings (SSSR count). The maximum absolute atomic E-state index is 12.0. The molecule has 1 aliphatic rings. The van der Waals surface area contributed by atoms with E-state index in [-0.39, 0.29) is 5.56 Å². The molecule has 0 atom stereocenters. The van der Waals surface area contributed by atoms with Crippen molar-refractivity contribution in [2.24, 2.45) is 13.0 Å². The van der Waals surface area contributed by atoms with Crippen molar-refractivity contribution in [2.45, 2.75) is 20.4 Å². The Morgan fingerprint density at radius 2 is 1.78 bits per heavy atom. The van der Waals surface area contributed by atoms with Crippen LogP contribution in [0, 0.1) is 5.92 Å². The van der Waals surface area contributed by atoms with E-state index in [1.54, 1.807) is 23.4 Å². The first kappa shape index (κ1) is 17.4. The first-order valence-electron chi connectivity index (χ1n) is 9.23. The van der Waals surface area contributed by atoms with Crippen molar-refractivity contribution in [1.29, 1.82) is 0 Å². The van der Waals surface area contributed by atoms with E-state index in [1.165, 1.54) is 0 Å². The van der Waals surface area contributed by atoms with Crippen LogP contribution in [-0.2, 0) is 13.6 Å². The van der Waals surface area contributed by atoms with Gasteiger partial charge in [-0.25, -0.2) is 19.6 Å². The molecule has 4 heterocycles. The van der Waals surface area contributed by atoms with Crippen LogP contribution in [0.25, 0.3) is 11.2 Å². The topological polar surface area (TPSA) is 85.0 Å². The van der Waals surface area contributed by atoms with E-state index in [9.17, 15) is 4.79 Å². The Kier molecular flexibility index (Phi) is 4.51. The molecule has 9 nitrogen and oxygen atoms in total. The van der Waals surface area contributed by atoms with Gasteiger partial charge in [0.25, 0.3) is 5.56 Å². The molecule has 1 saturated heterocycles. The minimum atomic E-state index is -0.0503. The average Bonchev–Trinajstić information content (AvgIpc) is 3.05. The summed E-state index contributed by atoms with van der Waals surface area (Å²) in [6, 6.07) is 3.43. The summed E-state index contributed by atoms with van der Waals surface area (Å²) < 4.78 is 3.52. The summed E-state index contributed by atoms with van der Waals surface area (Å²) in [5.41, 5.74) is 1.62. The van der Waals surface area contributed by atoms with Crippen molar-refractivity contribution in [1.82, 2.24) is 29.3 Å². The minimum Gasteiger partial charge on any atom is -0.352 e. The van der Waals surface area contributed by atoms with Crippen LogP contribution in [0.3, 0.4) is 0 Å². The fourth-order valence-corrected chi connectivity index (χ4v) is 3.43. The Morgan fingerprint density at radius 1 is 1.04 bits per heavy atom. The number of anilines is 2. The van der Waals surface area contributed by atoms with Crippen LogP contribution in [0.15, 0.2) is 29.6 Å². The number of fused-ring (bicyclic) bond motifs is 1. The third-order valence-corrected chi connectivity index (χ3v) is 4.78. The molecule has 0 amide bonds. The average molecular weight is 368 g/mol. The van der Waals surface area contributed by atoms with Crippen LogP contribution in [0.2, 0.25) is 0 Å². The zero-order chi connectivity index (χ0) is 19.0. The van der Waals surface area contributed by atoms with Gasteiger partial charge in [0.2, 0.25) is 0 Å². The van der Waals surface area contributed by atoms with Crippen LogP contribution in [-0.4, -0.2) is 55.5 Å². The van der Waals surface area contributed by atoms with E-state index < -0.39 is 0 Å². The van der Waals surface area contributed by atoms with Crippen molar-refractivity contribution in [2.75, 3.05) is 36.0 Å². The summed E-state index contributed by atoms with van der Waals surface area (Å²) in [7, 11) is 1.96. The number of piperazine rings is 1. The molecule has 0 aliphatic carbocycles. The summed E-state index contributed by atoms with van der Waals surface area (Å²) in [5.74, 6) is 2.14. The SMILES string of the molecule is CC(C)Cn1nc(N2CCN(c3ncnc4ncn(C)c34)CC2)ccc1=O. The predicted molar refractivity (Wildman–Crippen MR) is 104 cm³/mol. The number of aromatic nitrogens is 6. The normalized spacial score (nSPS) is 15.1. The summed E-state index contributed by atoms with van der Waals surface area (Å²) in [5, 5.41) is 4.56. The predicted octanol–water partition coefficient (Wildman–Crippen LogP) is 0.903. The lowest BCUT2D eigenvalue weighted by molar-refractivity contribution is 0.461. The van der Waals surface area contributed by atoms with Gasteiger partial charge < -0.3 is 14.4 Å². The van der Waals surface area contributed by atoms with Crippen LogP contribution < -0.4 is 15.4 Å². The molecule has 0 N–H and O–H groups in total. The minimum absolute atomic E-state index is 0.0503. The fourth-order valence-electron chi connectivity index (χ4n) is 3.43. The van der Waals surface area contributed by atoms with Crippen LogP contribution >= 0.6 is 0 Å². The second kappa shape index (κ2) is 6.98. The molecule has 3 aromatic heterocycles. The highest BCUT2D eigenvalue weighted by Crippen LogP contribution is 2.23. The van der Waals surface area contributed by atoms with Gasteiger partial charge >= 0.3 is 0 Å². The molecule has 0 bridgehead atoms. The zero-order valence-corrected chi connectivity index (χ0v) is 15.9. The van der Waals surface area contributed by atoms with Crippen LogP contribution in [0.4, 0.5) is 11.6 Å². The van der Waals surface area contributed by atoms with E-state index in [1.807, 2.05) is 17.7 Å². The van der Waals surface area contributed by atoms with E-state index in [2.05, 4.69) is 43.7 Å². The molecule has 0 aromatic carbocycles. The zero-order valence-electron chi connectivity index (χ0n) is 15.9. The Balaban J connectivity index is 1.52. The lowest BCUT2D eigenvalue weighted by Gasteiger charge is -2.36. The number of rotatable bonds is 4. The molecule has 0 spiro atoms. The summed E-state index contributed by atoms with van der Waals surface area (Å²) in [4.78, 5) is 29.5. The van der Waals surface area contributed by atoms with Gasteiger partial charge in [-0.3, -0.25) is 4.79 Å². The van der Waals surface area contributed by atoms with Crippen molar-refractivity contribution >= 4 is 22.8 Å². The lowest BCUT2D eigenvalue weighted by Crippen LogP contribution is -2.47. The lowest BCUT2D eigenvalue weighted by atomic mass is 10.2.